The third-order valence-electron chi connectivity index (χ3n) is 4.45. The van der Waals surface area contributed by atoms with Gasteiger partial charge in [0.05, 0.1) is 5.56 Å². The van der Waals surface area contributed by atoms with Crippen molar-refractivity contribution < 1.29 is 14.0 Å². The number of carbonyl (C=O) groups excluding carboxylic acids is 2. The fourth-order valence-electron chi connectivity index (χ4n) is 2.97. The summed E-state index contributed by atoms with van der Waals surface area (Å²) in [6.07, 6.45) is 0. The molecular weight excluding hydrogens is 394 g/mol. The molecule has 1 aromatic carbocycles. The van der Waals surface area contributed by atoms with E-state index >= 15 is 0 Å². The number of halogens is 3. The van der Waals surface area contributed by atoms with Crippen molar-refractivity contribution in [3.63, 3.8) is 0 Å². The zero-order valence-electron chi connectivity index (χ0n) is 15.7. The van der Waals surface area contributed by atoms with Crippen molar-refractivity contribution in [2.24, 2.45) is 5.92 Å². The lowest BCUT2D eigenvalue weighted by Gasteiger charge is -2.36. The van der Waals surface area contributed by atoms with Gasteiger partial charge in [-0.2, -0.15) is 0 Å². The van der Waals surface area contributed by atoms with E-state index in [1.807, 2.05) is 18.9 Å². The van der Waals surface area contributed by atoms with E-state index in [4.69, 9.17) is 0 Å². The summed E-state index contributed by atoms with van der Waals surface area (Å²) >= 11 is 0. The molecule has 1 fully saturated rings. The molecule has 6 nitrogen and oxygen atoms in total. The van der Waals surface area contributed by atoms with Gasteiger partial charge >= 0.3 is 0 Å². The molecule has 0 bridgehead atoms. The van der Waals surface area contributed by atoms with Crippen LogP contribution < -0.4 is 10.6 Å². The molecule has 1 heterocycles. The van der Waals surface area contributed by atoms with Gasteiger partial charge in [0.25, 0.3) is 5.91 Å². The molecule has 1 unspecified atom stereocenters. The van der Waals surface area contributed by atoms with E-state index in [1.165, 1.54) is 12.1 Å². The van der Waals surface area contributed by atoms with Crippen LogP contribution in [0.2, 0.25) is 0 Å². The highest BCUT2D eigenvalue weighted by atomic mass is 35.5. The summed E-state index contributed by atoms with van der Waals surface area (Å²) in [6, 6.07) is 5.95. The van der Waals surface area contributed by atoms with E-state index in [1.54, 1.807) is 12.1 Å². The molecule has 1 saturated heterocycles. The van der Waals surface area contributed by atoms with Crippen LogP contribution in [0.1, 0.15) is 17.3 Å². The highest BCUT2D eigenvalue weighted by molar-refractivity contribution is 5.94. The van der Waals surface area contributed by atoms with Crippen LogP contribution >= 0.6 is 24.8 Å². The second kappa shape index (κ2) is 12.9. The lowest BCUT2D eigenvalue weighted by Crippen LogP contribution is -2.52. The SMILES string of the molecule is CNCC(C)C(=O)N1CCN(CCNC(=O)c2ccccc2F)CC1.Cl.Cl. The average Bonchev–Trinajstić information content (AvgIpc) is 2.62. The van der Waals surface area contributed by atoms with Crippen LogP contribution in [-0.2, 0) is 4.79 Å². The molecule has 9 heteroatoms. The van der Waals surface area contributed by atoms with Gasteiger partial charge in [0.1, 0.15) is 5.82 Å². The molecule has 0 saturated carbocycles. The Hall–Kier alpha value is -1.41. The van der Waals surface area contributed by atoms with Crippen molar-refractivity contribution in [1.29, 1.82) is 0 Å². The topological polar surface area (TPSA) is 64.7 Å². The Bertz CT molecular complexity index is 598. The number of rotatable bonds is 7. The van der Waals surface area contributed by atoms with Gasteiger partial charge in [-0.15, -0.1) is 24.8 Å². The van der Waals surface area contributed by atoms with E-state index in [9.17, 15) is 14.0 Å². The molecule has 1 atom stereocenters. The molecule has 154 valence electrons. The maximum absolute atomic E-state index is 13.5. The van der Waals surface area contributed by atoms with Gasteiger partial charge in [0, 0.05) is 51.7 Å². The Morgan fingerprint density at radius 2 is 1.78 bits per heavy atom. The van der Waals surface area contributed by atoms with Crippen LogP contribution in [0, 0.1) is 11.7 Å². The first-order valence-corrected chi connectivity index (χ1v) is 8.71. The van der Waals surface area contributed by atoms with E-state index < -0.39 is 11.7 Å². The Kier molecular flexibility index (Phi) is 12.2. The molecule has 27 heavy (non-hydrogen) atoms. The summed E-state index contributed by atoms with van der Waals surface area (Å²) < 4.78 is 13.5. The van der Waals surface area contributed by atoms with Gasteiger partial charge < -0.3 is 15.5 Å². The van der Waals surface area contributed by atoms with Crippen molar-refractivity contribution in [1.82, 2.24) is 20.4 Å². The maximum Gasteiger partial charge on any atom is 0.254 e. The molecule has 0 radical (unpaired) electrons. The number of nitrogens with one attached hydrogen (secondary N) is 2. The Morgan fingerprint density at radius 1 is 1.15 bits per heavy atom. The minimum absolute atomic E-state index is 0. The maximum atomic E-state index is 13.5. The number of piperazine rings is 1. The van der Waals surface area contributed by atoms with Crippen molar-refractivity contribution in [2.45, 2.75) is 6.92 Å². The Balaban J connectivity index is 0.00000338. The highest BCUT2D eigenvalue weighted by Crippen LogP contribution is 2.08. The van der Waals surface area contributed by atoms with Crippen LogP contribution in [0.3, 0.4) is 0 Å². The minimum atomic E-state index is -0.511. The quantitative estimate of drug-likeness (QED) is 0.696. The zero-order valence-corrected chi connectivity index (χ0v) is 17.4. The molecule has 1 aliphatic heterocycles. The molecule has 0 aliphatic carbocycles. The number of nitrogens with zero attached hydrogens (tertiary/aromatic N) is 2. The Labute approximate surface area is 172 Å². The normalized spacial score (nSPS) is 15.3. The van der Waals surface area contributed by atoms with Crippen LogP contribution in [0.4, 0.5) is 4.39 Å². The van der Waals surface area contributed by atoms with Crippen LogP contribution in [0.25, 0.3) is 0 Å². The minimum Gasteiger partial charge on any atom is -0.351 e. The largest absolute Gasteiger partial charge is 0.351 e. The number of hydrogen-bond acceptors (Lipinski definition) is 4. The smallest absolute Gasteiger partial charge is 0.254 e. The van der Waals surface area contributed by atoms with E-state index in [0.717, 1.165) is 13.1 Å². The average molecular weight is 423 g/mol. The van der Waals surface area contributed by atoms with E-state index in [-0.39, 0.29) is 42.2 Å². The summed E-state index contributed by atoms with van der Waals surface area (Å²) in [7, 11) is 1.84. The number of benzene rings is 1. The molecule has 0 aromatic heterocycles. The summed E-state index contributed by atoms with van der Waals surface area (Å²) in [4.78, 5) is 28.3. The van der Waals surface area contributed by atoms with Gasteiger partial charge in [-0.1, -0.05) is 19.1 Å². The predicted molar refractivity (Wildman–Crippen MR) is 109 cm³/mol. The summed E-state index contributed by atoms with van der Waals surface area (Å²) in [6.45, 7) is 6.74. The second-order valence-corrected chi connectivity index (χ2v) is 6.36. The molecule has 2 amide bonds. The Morgan fingerprint density at radius 3 is 2.37 bits per heavy atom. The number of carbonyl (C=O) groups is 2. The monoisotopic (exact) mass is 422 g/mol. The molecule has 2 rings (SSSR count). The summed E-state index contributed by atoms with van der Waals surface area (Å²) in [5, 5.41) is 5.77. The van der Waals surface area contributed by atoms with Gasteiger partial charge in [-0.05, 0) is 19.2 Å². The van der Waals surface area contributed by atoms with E-state index in [2.05, 4.69) is 15.5 Å². The van der Waals surface area contributed by atoms with E-state index in [0.29, 0.717) is 32.7 Å². The molecular formula is C18H29Cl2FN4O2. The fourth-order valence-corrected chi connectivity index (χ4v) is 2.97. The molecule has 1 aliphatic rings. The van der Waals surface area contributed by atoms with Gasteiger partial charge in [0.2, 0.25) is 5.91 Å². The fraction of sp³-hybridized carbons (Fsp3) is 0.556. The first-order valence-electron chi connectivity index (χ1n) is 8.71. The van der Waals surface area contributed by atoms with Crippen molar-refractivity contribution in [3.05, 3.63) is 35.6 Å². The summed E-state index contributed by atoms with van der Waals surface area (Å²) in [5.41, 5.74) is 0.0661. The standard InChI is InChI=1S/C18H27FN4O2.2ClH/c1-14(13-20-2)18(25)23-11-9-22(10-12-23)8-7-21-17(24)15-5-3-4-6-16(15)19;;/h3-6,14,20H,7-13H2,1-2H3,(H,21,24);2*1H. The van der Waals surface area contributed by atoms with Crippen molar-refractivity contribution in [2.75, 3.05) is 52.9 Å². The van der Waals surface area contributed by atoms with Crippen molar-refractivity contribution in [3.8, 4) is 0 Å². The third-order valence-corrected chi connectivity index (χ3v) is 4.45. The van der Waals surface area contributed by atoms with Gasteiger partial charge in [-0.3, -0.25) is 14.5 Å². The van der Waals surface area contributed by atoms with Crippen LogP contribution in [-0.4, -0.2) is 74.5 Å². The number of amides is 2. The summed E-state index contributed by atoms with van der Waals surface area (Å²) in [5.74, 6) is -0.742. The first kappa shape index (κ1) is 25.6. The van der Waals surface area contributed by atoms with Gasteiger partial charge in [-0.25, -0.2) is 4.39 Å². The molecule has 0 spiro atoms. The third kappa shape index (κ3) is 7.62. The van der Waals surface area contributed by atoms with Crippen LogP contribution in [0.15, 0.2) is 24.3 Å². The second-order valence-electron chi connectivity index (χ2n) is 6.36. The highest BCUT2D eigenvalue weighted by Gasteiger charge is 2.24. The molecule has 2 N–H and O–H groups in total. The number of hydrogen-bond donors (Lipinski definition) is 2. The zero-order chi connectivity index (χ0) is 18.2. The van der Waals surface area contributed by atoms with Crippen LogP contribution in [0.5, 0.6) is 0 Å². The van der Waals surface area contributed by atoms with Crippen molar-refractivity contribution >= 4 is 36.6 Å². The lowest BCUT2D eigenvalue weighted by atomic mass is 10.1. The predicted octanol–water partition coefficient (Wildman–Crippen LogP) is 1.40. The molecule has 1 aromatic rings. The lowest BCUT2D eigenvalue weighted by molar-refractivity contribution is -0.136. The first-order chi connectivity index (χ1) is 12.0. The van der Waals surface area contributed by atoms with Gasteiger partial charge in [0.15, 0.2) is 0 Å².